The molecule has 1 aliphatic heterocycles. The topological polar surface area (TPSA) is 64.2 Å². The van der Waals surface area contributed by atoms with Crippen molar-refractivity contribution in [3.05, 3.63) is 70.7 Å². The van der Waals surface area contributed by atoms with Gasteiger partial charge in [-0.25, -0.2) is 4.98 Å². The zero-order valence-corrected chi connectivity index (χ0v) is 16.8. The molecular formula is C21H23ClN4O2. The van der Waals surface area contributed by atoms with Crippen LogP contribution in [0, 0.1) is 0 Å². The number of amides is 1. The van der Waals surface area contributed by atoms with Gasteiger partial charge in [0, 0.05) is 30.2 Å². The van der Waals surface area contributed by atoms with Gasteiger partial charge in [-0.3, -0.25) is 9.48 Å². The fourth-order valence-corrected chi connectivity index (χ4v) is 3.80. The number of hydrogen-bond donors (Lipinski definition) is 0. The average molecular weight is 399 g/mol. The lowest BCUT2D eigenvalue weighted by molar-refractivity contribution is 0.0700. The first-order valence-corrected chi connectivity index (χ1v) is 9.94. The largest absolute Gasteiger partial charge is 0.443 e. The number of halogens is 1. The van der Waals surface area contributed by atoms with Crippen molar-refractivity contribution in [2.24, 2.45) is 0 Å². The highest BCUT2D eigenvalue weighted by molar-refractivity contribution is 6.30. The summed E-state index contributed by atoms with van der Waals surface area (Å²) in [6.45, 7) is 4.73. The molecule has 0 saturated carbocycles. The average Bonchev–Trinajstić information content (AvgIpc) is 3.43. The van der Waals surface area contributed by atoms with Crippen LogP contribution in [0.4, 0.5) is 0 Å². The van der Waals surface area contributed by atoms with Gasteiger partial charge in [0.05, 0.1) is 6.20 Å². The van der Waals surface area contributed by atoms with Gasteiger partial charge in [-0.05, 0) is 50.5 Å². The van der Waals surface area contributed by atoms with Crippen LogP contribution in [0.15, 0.2) is 47.1 Å². The Morgan fingerprint density at radius 2 is 2.07 bits per heavy atom. The zero-order chi connectivity index (χ0) is 19.7. The molecule has 1 aromatic carbocycles. The van der Waals surface area contributed by atoms with Crippen molar-refractivity contribution in [3.8, 4) is 0 Å². The van der Waals surface area contributed by atoms with Gasteiger partial charge in [0.15, 0.2) is 0 Å². The molecule has 1 atom stereocenters. The van der Waals surface area contributed by atoms with E-state index in [2.05, 4.69) is 10.1 Å². The van der Waals surface area contributed by atoms with E-state index in [1.165, 1.54) is 0 Å². The first kappa shape index (κ1) is 18.7. The van der Waals surface area contributed by atoms with Crippen molar-refractivity contribution < 1.29 is 9.21 Å². The van der Waals surface area contributed by atoms with Crippen molar-refractivity contribution in [1.82, 2.24) is 19.7 Å². The molecule has 0 aliphatic carbocycles. The van der Waals surface area contributed by atoms with E-state index in [0.717, 1.165) is 24.2 Å². The lowest BCUT2D eigenvalue weighted by Gasteiger charge is -2.23. The molecule has 0 spiro atoms. The number of rotatable bonds is 5. The number of benzene rings is 1. The SMILES string of the molecule is CC(C)n1nccc1C(=O)N1CCC[C@@H]1c1ncc(Cc2ccc(Cl)cc2)o1. The maximum atomic E-state index is 13.1. The zero-order valence-electron chi connectivity index (χ0n) is 16.0. The van der Waals surface area contributed by atoms with Crippen LogP contribution in [0.5, 0.6) is 0 Å². The number of carbonyl (C=O) groups excluding carboxylic acids is 1. The van der Waals surface area contributed by atoms with Gasteiger partial charge in [0.25, 0.3) is 5.91 Å². The molecule has 28 heavy (non-hydrogen) atoms. The van der Waals surface area contributed by atoms with Crippen LogP contribution in [0.1, 0.15) is 66.5 Å². The molecule has 7 heteroatoms. The summed E-state index contributed by atoms with van der Waals surface area (Å²) < 4.78 is 7.78. The highest BCUT2D eigenvalue weighted by Gasteiger charge is 2.35. The Labute approximate surface area is 169 Å². The fourth-order valence-electron chi connectivity index (χ4n) is 3.67. The molecular weight excluding hydrogens is 376 g/mol. The summed E-state index contributed by atoms with van der Waals surface area (Å²) >= 11 is 5.94. The number of likely N-dealkylation sites (tertiary alicyclic amines) is 1. The minimum atomic E-state index is -0.137. The van der Waals surface area contributed by atoms with Gasteiger partial charge in [-0.2, -0.15) is 5.10 Å². The van der Waals surface area contributed by atoms with Crippen molar-refractivity contribution >= 4 is 17.5 Å². The van der Waals surface area contributed by atoms with Crippen LogP contribution in [0.3, 0.4) is 0 Å². The second kappa shape index (κ2) is 7.80. The summed E-state index contributed by atoms with van der Waals surface area (Å²) in [5, 5.41) is 4.99. The molecule has 0 radical (unpaired) electrons. The van der Waals surface area contributed by atoms with Crippen LogP contribution in [0.2, 0.25) is 5.02 Å². The van der Waals surface area contributed by atoms with Crippen LogP contribution in [-0.2, 0) is 6.42 Å². The molecule has 3 heterocycles. The molecule has 3 aromatic rings. The highest BCUT2D eigenvalue weighted by Crippen LogP contribution is 2.33. The van der Waals surface area contributed by atoms with Crippen LogP contribution < -0.4 is 0 Å². The summed E-state index contributed by atoms with van der Waals surface area (Å²) in [4.78, 5) is 19.5. The predicted octanol–water partition coefficient (Wildman–Crippen LogP) is 4.67. The van der Waals surface area contributed by atoms with Gasteiger partial charge in [0.2, 0.25) is 5.89 Å². The third kappa shape index (κ3) is 3.69. The van der Waals surface area contributed by atoms with Gasteiger partial charge < -0.3 is 9.32 Å². The Hall–Kier alpha value is -2.60. The van der Waals surface area contributed by atoms with Crippen molar-refractivity contribution in [1.29, 1.82) is 0 Å². The first-order valence-electron chi connectivity index (χ1n) is 9.56. The van der Waals surface area contributed by atoms with Crippen LogP contribution >= 0.6 is 11.6 Å². The summed E-state index contributed by atoms with van der Waals surface area (Å²) in [5.74, 6) is 1.36. The maximum Gasteiger partial charge on any atom is 0.272 e. The van der Waals surface area contributed by atoms with E-state index >= 15 is 0 Å². The minimum Gasteiger partial charge on any atom is -0.443 e. The molecule has 0 N–H and O–H groups in total. The molecule has 0 unspecified atom stereocenters. The Balaban J connectivity index is 1.52. The molecule has 4 rings (SSSR count). The van der Waals surface area contributed by atoms with E-state index in [0.29, 0.717) is 29.6 Å². The number of oxazole rings is 1. The minimum absolute atomic E-state index is 0.0221. The van der Waals surface area contributed by atoms with Gasteiger partial charge in [-0.15, -0.1) is 0 Å². The molecule has 6 nitrogen and oxygen atoms in total. The molecule has 1 aliphatic rings. The molecule has 1 amide bonds. The van der Waals surface area contributed by atoms with E-state index in [1.807, 2.05) is 43.0 Å². The van der Waals surface area contributed by atoms with Gasteiger partial charge in [-0.1, -0.05) is 23.7 Å². The monoisotopic (exact) mass is 398 g/mol. The second-order valence-electron chi connectivity index (χ2n) is 7.38. The van der Waals surface area contributed by atoms with Crippen molar-refractivity contribution in [2.45, 2.75) is 45.2 Å². The van der Waals surface area contributed by atoms with Gasteiger partial charge >= 0.3 is 0 Å². The molecule has 2 aromatic heterocycles. The standard InChI is InChI=1S/C21H23ClN4O2/c1-14(2)26-19(9-10-24-26)21(27)25-11-3-4-18(25)20-23-13-17(28-20)12-15-5-7-16(22)8-6-15/h5-10,13-14,18H,3-4,11-12H2,1-2H3/t18-/m1/s1. The summed E-state index contributed by atoms with van der Waals surface area (Å²) in [6, 6.07) is 9.45. The molecule has 1 fully saturated rings. The molecule has 0 bridgehead atoms. The summed E-state index contributed by atoms with van der Waals surface area (Å²) in [6.07, 6.45) is 5.85. The maximum absolute atomic E-state index is 13.1. The van der Waals surface area contributed by atoms with Crippen molar-refractivity contribution in [2.75, 3.05) is 6.54 Å². The summed E-state index contributed by atoms with van der Waals surface area (Å²) in [5.41, 5.74) is 1.71. The van der Waals surface area contributed by atoms with E-state index in [1.54, 1.807) is 23.1 Å². The van der Waals surface area contributed by atoms with E-state index in [9.17, 15) is 4.79 Å². The Morgan fingerprint density at radius 3 is 2.82 bits per heavy atom. The summed E-state index contributed by atoms with van der Waals surface area (Å²) in [7, 11) is 0. The second-order valence-corrected chi connectivity index (χ2v) is 7.82. The Kier molecular flexibility index (Phi) is 5.22. The van der Waals surface area contributed by atoms with Gasteiger partial charge in [0.1, 0.15) is 17.5 Å². The Morgan fingerprint density at radius 1 is 1.29 bits per heavy atom. The molecule has 146 valence electrons. The van der Waals surface area contributed by atoms with E-state index < -0.39 is 0 Å². The lowest BCUT2D eigenvalue weighted by atomic mass is 10.1. The van der Waals surface area contributed by atoms with Crippen molar-refractivity contribution in [3.63, 3.8) is 0 Å². The smallest absolute Gasteiger partial charge is 0.272 e. The van der Waals surface area contributed by atoms with E-state index in [4.69, 9.17) is 16.0 Å². The third-order valence-electron chi connectivity index (χ3n) is 5.04. The number of hydrogen-bond acceptors (Lipinski definition) is 4. The number of aromatic nitrogens is 3. The normalized spacial score (nSPS) is 16.9. The highest BCUT2D eigenvalue weighted by atomic mass is 35.5. The quantitative estimate of drug-likeness (QED) is 0.626. The Bertz CT molecular complexity index is 961. The van der Waals surface area contributed by atoms with E-state index in [-0.39, 0.29) is 18.0 Å². The first-order chi connectivity index (χ1) is 13.5. The fraction of sp³-hybridized carbons (Fsp3) is 0.381. The lowest BCUT2D eigenvalue weighted by Crippen LogP contribution is -2.32. The molecule has 1 saturated heterocycles. The number of nitrogens with zero attached hydrogens (tertiary/aromatic N) is 4. The number of carbonyl (C=O) groups is 1. The third-order valence-corrected chi connectivity index (χ3v) is 5.29. The van der Waals surface area contributed by atoms with Crippen LogP contribution in [-0.4, -0.2) is 32.1 Å². The van der Waals surface area contributed by atoms with Crippen LogP contribution in [0.25, 0.3) is 0 Å². The predicted molar refractivity (Wildman–Crippen MR) is 106 cm³/mol.